The summed E-state index contributed by atoms with van der Waals surface area (Å²) < 4.78 is 16.7. The monoisotopic (exact) mass is 426 g/mol. The summed E-state index contributed by atoms with van der Waals surface area (Å²) in [7, 11) is 0. The normalized spacial score (nSPS) is 10.5. The molecule has 2 aromatic rings. The lowest BCUT2D eigenvalue weighted by Gasteiger charge is -2.19. The average Bonchev–Trinajstić information content (AvgIpc) is 2.74. The number of ether oxygens (including phenoxy) is 3. The zero-order chi connectivity index (χ0) is 22.8. The molecule has 0 radical (unpaired) electrons. The highest BCUT2D eigenvalue weighted by molar-refractivity contribution is 6.07. The van der Waals surface area contributed by atoms with E-state index in [4.69, 9.17) is 19.9 Å². The Kier molecular flexibility index (Phi) is 8.94. The molecule has 2 aromatic carbocycles. The molecule has 0 atom stereocenters. The third-order valence-electron chi connectivity index (χ3n) is 4.20. The lowest BCUT2D eigenvalue weighted by molar-refractivity contribution is 0.0499. The number of nitrogen functional groups attached to an aromatic ring is 1. The lowest BCUT2D eigenvalue weighted by Crippen LogP contribution is -2.16. The van der Waals surface area contributed by atoms with Gasteiger partial charge in [0.1, 0.15) is 6.61 Å². The quantitative estimate of drug-likeness (QED) is 0.231. The highest BCUT2D eigenvalue weighted by atomic mass is 16.5. The second kappa shape index (κ2) is 11.6. The van der Waals surface area contributed by atoms with Crippen LogP contribution in [0, 0.1) is 0 Å². The van der Waals surface area contributed by atoms with Crippen molar-refractivity contribution in [3.63, 3.8) is 0 Å². The number of unbranched alkanes of at least 4 members (excludes halogenated alkanes) is 1. The van der Waals surface area contributed by atoms with E-state index in [2.05, 4.69) is 11.9 Å². The van der Waals surface area contributed by atoms with Crippen LogP contribution in [-0.4, -0.2) is 31.2 Å². The first-order valence-corrected chi connectivity index (χ1v) is 10.3. The van der Waals surface area contributed by atoms with Gasteiger partial charge < -0.3 is 25.3 Å². The zero-order valence-corrected chi connectivity index (χ0v) is 18.3. The maximum atomic E-state index is 12.9. The molecule has 0 aromatic heterocycles. The van der Waals surface area contributed by atoms with Gasteiger partial charge in [0.15, 0.2) is 11.5 Å². The average molecular weight is 427 g/mol. The fraction of sp³-hybridized carbons (Fsp3) is 0.333. The predicted octanol–water partition coefficient (Wildman–Crippen LogP) is 4.83. The van der Waals surface area contributed by atoms with Crippen molar-refractivity contribution in [3.8, 4) is 11.5 Å². The second-order valence-corrected chi connectivity index (χ2v) is 7.15. The highest BCUT2D eigenvalue weighted by Gasteiger charge is 2.21. The van der Waals surface area contributed by atoms with Crippen molar-refractivity contribution >= 4 is 23.3 Å². The summed E-state index contributed by atoms with van der Waals surface area (Å²) in [4.78, 5) is 25.0. The van der Waals surface area contributed by atoms with E-state index in [0.717, 1.165) is 12.8 Å². The largest absolute Gasteiger partial charge is 0.485 e. The van der Waals surface area contributed by atoms with Crippen LogP contribution >= 0.6 is 0 Å². The number of amides is 1. The van der Waals surface area contributed by atoms with E-state index in [-0.39, 0.29) is 30.0 Å². The van der Waals surface area contributed by atoms with Gasteiger partial charge in [0.25, 0.3) is 5.91 Å². The van der Waals surface area contributed by atoms with Crippen LogP contribution < -0.4 is 20.5 Å². The van der Waals surface area contributed by atoms with Crippen molar-refractivity contribution in [1.29, 1.82) is 0 Å². The summed E-state index contributed by atoms with van der Waals surface area (Å²) in [6.07, 6.45) is 3.19. The van der Waals surface area contributed by atoms with Crippen LogP contribution in [0.1, 0.15) is 54.3 Å². The molecule has 31 heavy (non-hydrogen) atoms. The van der Waals surface area contributed by atoms with Crippen molar-refractivity contribution in [2.75, 3.05) is 24.3 Å². The Balaban J connectivity index is 2.20. The number of hydrogen-bond acceptors (Lipinski definition) is 6. The standard InChI is InChI=1S/C24H30N2O5/c1-5-7-15-30-24(28)17-8-10-18(11-9-17)26-23(27)19-12-13-20(25)22(31-16(3)4)21(19)29-14-6-2/h6,8-13,16H,2,5,7,14-15,25H2,1,3-4H3,(H,26,27). The number of carbonyl (C=O) groups excluding carboxylic acids is 2. The fourth-order valence-electron chi connectivity index (χ4n) is 2.68. The first kappa shape index (κ1) is 23.8. The van der Waals surface area contributed by atoms with Crippen LogP contribution in [0.15, 0.2) is 49.1 Å². The van der Waals surface area contributed by atoms with Gasteiger partial charge >= 0.3 is 5.97 Å². The molecule has 7 heteroatoms. The molecule has 3 N–H and O–H groups in total. The molecule has 7 nitrogen and oxygen atoms in total. The number of rotatable bonds is 11. The molecule has 0 unspecified atom stereocenters. The summed E-state index contributed by atoms with van der Waals surface area (Å²) in [6, 6.07) is 9.67. The Hall–Kier alpha value is -3.48. The van der Waals surface area contributed by atoms with Gasteiger partial charge in [-0.15, -0.1) is 0 Å². The van der Waals surface area contributed by atoms with Gasteiger partial charge in [-0.25, -0.2) is 4.79 Å². The van der Waals surface area contributed by atoms with Gasteiger partial charge in [-0.2, -0.15) is 0 Å². The number of nitrogens with one attached hydrogen (secondary N) is 1. The number of nitrogens with two attached hydrogens (primary N) is 1. The van der Waals surface area contributed by atoms with Crippen molar-refractivity contribution in [2.45, 2.75) is 39.7 Å². The van der Waals surface area contributed by atoms with Crippen LogP contribution in [0.5, 0.6) is 11.5 Å². The van der Waals surface area contributed by atoms with Gasteiger partial charge in [-0.05, 0) is 56.7 Å². The van der Waals surface area contributed by atoms with Gasteiger partial charge in [-0.3, -0.25) is 4.79 Å². The maximum absolute atomic E-state index is 12.9. The van der Waals surface area contributed by atoms with Gasteiger partial charge in [-0.1, -0.05) is 26.0 Å². The lowest BCUT2D eigenvalue weighted by atomic mass is 10.1. The smallest absolute Gasteiger partial charge is 0.338 e. The Bertz CT molecular complexity index is 907. The van der Waals surface area contributed by atoms with Crippen LogP contribution in [0.25, 0.3) is 0 Å². The van der Waals surface area contributed by atoms with E-state index in [1.165, 1.54) is 0 Å². The third-order valence-corrected chi connectivity index (χ3v) is 4.20. The van der Waals surface area contributed by atoms with Crippen molar-refractivity contribution in [1.82, 2.24) is 0 Å². The molecule has 0 spiro atoms. The van der Waals surface area contributed by atoms with E-state index in [9.17, 15) is 9.59 Å². The van der Waals surface area contributed by atoms with Crippen LogP contribution in [0.3, 0.4) is 0 Å². The first-order valence-electron chi connectivity index (χ1n) is 10.3. The van der Waals surface area contributed by atoms with E-state index in [0.29, 0.717) is 29.3 Å². The summed E-state index contributed by atoms with van der Waals surface area (Å²) in [5.41, 5.74) is 7.63. The minimum Gasteiger partial charge on any atom is -0.485 e. The summed E-state index contributed by atoms with van der Waals surface area (Å²) in [5.74, 6) is -0.219. The molecular weight excluding hydrogens is 396 g/mol. The summed E-state index contributed by atoms with van der Waals surface area (Å²) in [5, 5.41) is 2.80. The fourth-order valence-corrected chi connectivity index (χ4v) is 2.68. The predicted molar refractivity (Wildman–Crippen MR) is 122 cm³/mol. The topological polar surface area (TPSA) is 99.9 Å². The third kappa shape index (κ3) is 6.77. The van der Waals surface area contributed by atoms with Gasteiger partial charge in [0.2, 0.25) is 0 Å². The molecule has 166 valence electrons. The number of esters is 1. The van der Waals surface area contributed by atoms with Crippen molar-refractivity contribution in [2.24, 2.45) is 0 Å². The summed E-state index contributed by atoms with van der Waals surface area (Å²) >= 11 is 0. The molecule has 0 aliphatic heterocycles. The van der Waals surface area contributed by atoms with E-state index < -0.39 is 5.91 Å². The molecular formula is C24H30N2O5. The zero-order valence-electron chi connectivity index (χ0n) is 18.3. The van der Waals surface area contributed by atoms with Gasteiger partial charge in [0.05, 0.1) is 29.5 Å². The second-order valence-electron chi connectivity index (χ2n) is 7.15. The first-order chi connectivity index (χ1) is 14.9. The van der Waals surface area contributed by atoms with E-state index in [1.54, 1.807) is 42.5 Å². The highest BCUT2D eigenvalue weighted by Crippen LogP contribution is 2.38. The molecule has 0 bridgehead atoms. The Morgan fingerprint density at radius 3 is 2.45 bits per heavy atom. The van der Waals surface area contributed by atoms with Crippen LogP contribution in [0.4, 0.5) is 11.4 Å². The molecule has 1 amide bonds. The molecule has 0 saturated carbocycles. The number of benzene rings is 2. The van der Waals surface area contributed by atoms with Gasteiger partial charge in [0, 0.05) is 5.69 Å². The number of carbonyl (C=O) groups is 2. The molecule has 0 saturated heterocycles. The Morgan fingerprint density at radius 2 is 1.84 bits per heavy atom. The Morgan fingerprint density at radius 1 is 1.13 bits per heavy atom. The van der Waals surface area contributed by atoms with Crippen molar-refractivity contribution in [3.05, 3.63) is 60.2 Å². The van der Waals surface area contributed by atoms with E-state index >= 15 is 0 Å². The molecule has 0 aliphatic rings. The number of hydrogen-bond donors (Lipinski definition) is 2. The molecule has 0 heterocycles. The molecule has 2 rings (SSSR count). The Labute approximate surface area is 183 Å². The molecule has 0 aliphatic carbocycles. The minimum absolute atomic E-state index is 0.156. The van der Waals surface area contributed by atoms with Crippen LogP contribution in [-0.2, 0) is 4.74 Å². The minimum atomic E-state index is -0.397. The number of anilines is 2. The molecule has 0 fully saturated rings. The van der Waals surface area contributed by atoms with Crippen LogP contribution in [0.2, 0.25) is 0 Å². The maximum Gasteiger partial charge on any atom is 0.338 e. The van der Waals surface area contributed by atoms with Crippen molar-refractivity contribution < 1.29 is 23.8 Å². The summed E-state index contributed by atoms with van der Waals surface area (Å²) in [6.45, 7) is 9.96. The SMILES string of the molecule is C=CCOc1c(C(=O)Nc2ccc(C(=O)OCCCC)cc2)ccc(N)c1OC(C)C. The van der Waals surface area contributed by atoms with E-state index in [1.807, 2.05) is 20.8 Å².